The van der Waals surface area contributed by atoms with Crippen LogP contribution in [0.1, 0.15) is 31.2 Å². The van der Waals surface area contributed by atoms with Gasteiger partial charge in [0, 0.05) is 12.6 Å². The van der Waals surface area contributed by atoms with Crippen molar-refractivity contribution in [1.29, 1.82) is 0 Å². The molecule has 128 valence electrons. The fraction of sp³-hybridized carbons (Fsp3) is 0.444. The number of rotatable bonds is 5. The van der Waals surface area contributed by atoms with E-state index in [1.54, 1.807) is 3.96 Å². The van der Waals surface area contributed by atoms with E-state index in [1.165, 1.54) is 17.6 Å². The van der Waals surface area contributed by atoms with Gasteiger partial charge in [-0.25, -0.2) is 0 Å². The number of halogens is 1. The Bertz CT molecular complexity index is 732. The Kier molecular flexibility index (Phi) is 5.74. The van der Waals surface area contributed by atoms with Crippen LogP contribution in [0.3, 0.4) is 0 Å². The first-order chi connectivity index (χ1) is 11.6. The van der Waals surface area contributed by atoms with Crippen LogP contribution >= 0.6 is 23.1 Å². The van der Waals surface area contributed by atoms with Gasteiger partial charge in [-0.3, -0.25) is 13.5 Å². The van der Waals surface area contributed by atoms with Gasteiger partial charge in [-0.1, -0.05) is 41.9 Å². The van der Waals surface area contributed by atoms with Crippen LogP contribution in [0.2, 0.25) is 4.34 Å². The zero-order chi connectivity index (χ0) is 16.9. The van der Waals surface area contributed by atoms with E-state index in [0.29, 0.717) is 23.4 Å². The fourth-order valence-corrected chi connectivity index (χ4v) is 4.27. The van der Waals surface area contributed by atoms with E-state index in [4.69, 9.17) is 16.3 Å². The van der Waals surface area contributed by atoms with Crippen molar-refractivity contribution >= 4 is 29.1 Å². The third-order valence-electron chi connectivity index (χ3n) is 4.51. The second-order valence-electron chi connectivity index (χ2n) is 6.25. The molecule has 0 atom stereocenters. The van der Waals surface area contributed by atoms with E-state index >= 15 is 0 Å². The molecule has 1 heterocycles. The first-order valence-electron chi connectivity index (χ1n) is 8.19. The van der Waals surface area contributed by atoms with Crippen LogP contribution in [0.5, 0.6) is 0 Å². The lowest BCUT2D eigenvalue weighted by molar-refractivity contribution is -0.151. The zero-order valence-corrected chi connectivity index (χ0v) is 14.9. The first-order valence-corrected chi connectivity index (χ1v) is 9.34. The van der Waals surface area contributed by atoms with Crippen molar-refractivity contribution in [2.75, 3.05) is 0 Å². The molecule has 0 saturated heterocycles. The summed E-state index contributed by atoms with van der Waals surface area (Å²) in [7, 11) is 0. The standard InChI is InChI=1S/C18H20ClNO3S/c19-16-10-17(21)20(24-16)11-13-6-8-15(9-7-13)18(22)23-12-14-4-2-1-3-5-14/h1-5,10,13,15H,6-9,11-12H2. The van der Waals surface area contributed by atoms with Crippen molar-refractivity contribution in [3.05, 3.63) is 56.7 Å². The van der Waals surface area contributed by atoms with Gasteiger partial charge in [0.15, 0.2) is 0 Å². The summed E-state index contributed by atoms with van der Waals surface area (Å²) in [5.74, 6) is 0.304. The number of nitrogens with zero attached hydrogens (tertiary/aromatic N) is 1. The maximum Gasteiger partial charge on any atom is 0.309 e. The molecule has 0 N–H and O–H groups in total. The second-order valence-corrected chi connectivity index (χ2v) is 7.94. The van der Waals surface area contributed by atoms with Gasteiger partial charge in [0.25, 0.3) is 5.56 Å². The minimum Gasteiger partial charge on any atom is -0.461 e. The molecule has 1 aliphatic rings. The number of hydrogen-bond acceptors (Lipinski definition) is 4. The number of aromatic nitrogens is 1. The number of carbonyl (C=O) groups excluding carboxylic acids is 1. The average Bonchev–Trinajstić information content (AvgIpc) is 2.91. The Morgan fingerprint density at radius 1 is 1.21 bits per heavy atom. The quantitative estimate of drug-likeness (QED) is 0.749. The van der Waals surface area contributed by atoms with E-state index in [1.807, 2.05) is 30.3 Å². The lowest BCUT2D eigenvalue weighted by Gasteiger charge is -2.27. The number of esters is 1. The van der Waals surface area contributed by atoms with Crippen molar-refractivity contribution in [2.45, 2.75) is 38.8 Å². The van der Waals surface area contributed by atoms with Gasteiger partial charge in [-0.2, -0.15) is 0 Å². The van der Waals surface area contributed by atoms with Crippen LogP contribution in [0.25, 0.3) is 0 Å². The van der Waals surface area contributed by atoms with Gasteiger partial charge in [-0.15, -0.1) is 0 Å². The van der Waals surface area contributed by atoms with Crippen LogP contribution in [0.15, 0.2) is 41.2 Å². The predicted octanol–water partition coefficient (Wildman–Crippen LogP) is 4.11. The lowest BCUT2D eigenvalue weighted by atomic mass is 9.82. The normalized spacial score (nSPS) is 20.7. The van der Waals surface area contributed by atoms with Gasteiger partial charge < -0.3 is 4.74 Å². The minimum absolute atomic E-state index is 0.0198. The van der Waals surface area contributed by atoms with Crippen LogP contribution in [0.4, 0.5) is 0 Å². The molecule has 3 rings (SSSR count). The molecule has 0 radical (unpaired) electrons. The van der Waals surface area contributed by atoms with E-state index in [-0.39, 0.29) is 17.4 Å². The monoisotopic (exact) mass is 365 g/mol. The summed E-state index contributed by atoms with van der Waals surface area (Å²) >= 11 is 7.17. The smallest absolute Gasteiger partial charge is 0.309 e. The molecule has 0 aliphatic heterocycles. The van der Waals surface area contributed by atoms with E-state index in [9.17, 15) is 9.59 Å². The highest BCUT2D eigenvalue weighted by Gasteiger charge is 2.28. The summed E-state index contributed by atoms with van der Waals surface area (Å²) < 4.78 is 7.67. The Balaban J connectivity index is 1.45. The molecule has 24 heavy (non-hydrogen) atoms. The van der Waals surface area contributed by atoms with Gasteiger partial charge >= 0.3 is 5.97 Å². The van der Waals surface area contributed by atoms with Gasteiger partial charge in [0.2, 0.25) is 0 Å². The van der Waals surface area contributed by atoms with Gasteiger partial charge in [-0.05, 0) is 48.7 Å². The Hall–Kier alpha value is -1.59. The molecule has 0 spiro atoms. The highest BCUT2D eigenvalue weighted by atomic mass is 35.5. The zero-order valence-electron chi connectivity index (χ0n) is 13.3. The predicted molar refractivity (Wildman–Crippen MR) is 95.3 cm³/mol. The maximum absolute atomic E-state index is 12.2. The summed E-state index contributed by atoms with van der Waals surface area (Å²) in [4.78, 5) is 23.9. The van der Waals surface area contributed by atoms with E-state index in [0.717, 1.165) is 31.2 Å². The average molecular weight is 366 g/mol. The van der Waals surface area contributed by atoms with Crippen molar-refractivity contribution < 1.29 is 9.53 Å². The van der Waals surface area contributed by atoms with Crippen molar-refractivity contribution in [2.24, 2.45) is 11.8 Å². The molecular formula is C18H20ClNO3S. The molecule has 0 unspecified atom stereocenters. The van der Waals surface area contributed by atoms with E-state index < -0.39 is 0 Å². The molecule has 0 bridgehead atoms. The summed E-state index contributed by atoms with van der Waals surface area (Å²) in [6, 6.07) is 11.2. The Morgan fingerprint density at radius 2 is 1.92 bits per heavy atom. The molecule has 1 aromatic heterocycles. The number of benzene rings is 1. The van der Waals surface area contributed by atoms with Gasteiger partial charge in [0.1, 0.15) is 10.9 Å². The lowest BCUT2D eigenvalue weighted by Crippen LogP contribution is -2.27. The highest BCUT2D eigenvalue weighted by molar-refractivity contribution is 7.11. The third-order valence-corrected chi connectivity index (χ3v) is 5.67. The molecule has 6 heteroatoms. The Labute approximate surface area is 150 Å². The van der Waals surface area contributed by atoms with Crippen LogP contribution in [-0.2, 0) is 22.7 Å². The van der Waals surface area contributed by atoms with Crippen molar-refractivity contribution in [3.63, 3.8) is 0 Å². The summed E-state index contributed by atoms with van der Waals surface area (Å²) in [5.41, 5.74) is 0.975. The number of hydrogen-bond donors (Lipinski definition) is 0. The second kappa shape index (κ2) is 7.99. The van der Waals surface area contributed by atoms with Gasteiger partial charge in [0.05, 0.1) is 5.92 Å². The van der Waals surface area contributed by atoms with Crippen molar-refractivity contribution in [1.82, 2.24) is 3.96 Å². The summed E-state index contributed by atoms with van der Waals surface area (Å²) in [5, 5.41) is 0. The van der Waals surface area contributed by atoms with Crippen LogP contribution in [-0.4, -0.2) is 9.93 Å². The molecule has 1 aliphatic carbocycles. The summed E-state index contributed by atoms with van der Waals surface area (Å²) in [6.07, 6.45) is 3.53. The van der Waals surface area contributed by atoms with Crippen molar-refractivity contribution in [3.8, 4) is 0 Å². The Morgan fingerprint density at radius 3 is 2.54 bits per heavy atom. The topological polar surface area (TPSA) is 48.3 Å². The van der Waals surface area contributed by atoms with E-state index in [2.05, 4.69) is 0 Å². The number of carbonyl (C=O) groups is 1. The first kappa shape index (κ1) is 17.2. The highest BCUT2D eigenvalue weighted by Crippen LogP contribution is 2.31. The minimum atomic E-state index is -0.103. The SMILES string of the molecule is O=C(OCc1ccccc1)C1CCC(Cn2sc(Cl)cc2=O)CC1. The number of ether oxygens (including phenoxy) is 1. The molecule has 4 nitrogen and oxygen atoms in total. The fourth-order valence-electron chi connectivity index (χ4n) is 3.13. The molecule has 1 aromatic carbocycles. The largest absolute Gasteiger partial charge is 0.461 e. The molecular weight excluding hydrogens is 346 g/mol. The molecule has 0 amide bonds. The third kappa shape index (κ3) is 4.48. The molecule has 1 fully saturated rings. The maximum atomic E-state index is 12.2. The van der Waals surface area contributed by atoms with Crippen LogP contribution in [0, 0.1) is 11.8 Å². The summed E-state index contributed by atoms with van der Waals surface area (Å²) in [6.45, 7) is 1.03. The molecule has 1 saturated carbocycles. The van der Waals surface area contributed by atoms with Crippen LogP contribution < -0.4 is 5.56 Å². The molecule has 2 aromatic rings.